The van der Waals surface area contributed by atoms with Crippen molar-refractivity contribution >= 4 is 36.6 Å². The average Bonchev–Trinajstić information content (AvgIpc) is 2.62. The molecule has 1 unspecified atom stereocenters. The van der Waals surface area contributed by atoms with E-state index >= 15 is 0 Å². The highest BCUT2D eigenvalue weighted by molar-refractivity contribution is 5.85. The van der Waals surface area contributed by atoms with Crippen LogP contribution in [0.4, 0.5) is 0 Å². The van der Waals surface area contributed by atoms with E-state index in [-0.39, 0.29) is 42.7 Å². The minimum absolute atomic E-state index is 0. The zero-order valence-corrected chi connectivity index (χ0v) is 18.4. The second-order valence-electron chi connectivity index (χ2n) is 7.74. The molecule has 8 heteroatoms. The van der Waals surface area contributed by atoms with Crippen molar-refractivity contribution in [2.24, 2.45) is 11.8 Å². The second kappa shape index (κ2) is 14.4. The molecule has 2 aliphatic heterocycles. The molecule has 0 aliphatic carbocycles. The van der Waals surface area contributed by atoms with Gasteiger partial charge in [-0.25, -0.2) is 0 Å². The molecule has 3 N–H and O–H groups in total. The van der Waals surface area contributed by atoms with Crippen LogP contribution in [-0.2, 0) is 9.59 Å². The van der Waals surface area contributed by atoms with E-state index in [0.29, 0.717) is 24.8 Å². The Hall–Kier alpha value is -0.560. The molecule has 27 heavy (non-hydrogen) atoms. The van der Waals surface area contributed by atoms with Gasteiger partial charge < -0.3 is 16.0 Å². The molecule has 2 saturated heterocycles. The first-order chi connectivity index (χ1) is 12.1. The van der Waals surface area contributed by atoms with Crippen LogP contribution in [0.3, 0.4) is 0 Å². The van der Waals surface area contributed by atoms with Gasteiger partial charge in [0.05, 0.1) is 6.54 Å². The van der Waals surface area contributed by atoms with E-state index < -0.39 is 0 Å². The predicted octanol–water partition coefficient (Wildman–Crippen LogP) is 1.96. The molecular formula is C19H38Cl2N4O2. The van der Waals surface area contributed by atoms with Gasteiger partial charge in [0.15, 0.2) is 0 Å². The molecule has 160 valence electrons. The Morgan fingerprint density at radius 1 is 1.07 bits per heavy atom. The van der Waals surface area contributed by atoms with Crippen LogP contribution in [0.2, 0.25) is 0 Å². The lowest BCUT2D eigenvalue weighted by Crippen LogP contribution is -2.47. The lowest BCUT2D eigenvalue weighted by Gasteiger charge is -2.32. The minimum atomic E-state index is 0. The summed E-state index contributed by atoms with van der Waals surface area (Å²) in [7, 11) is 0. The van der Waals surface area contributed by atoms with Crippen molar-refractivity contribution in [3.8, 4) is 0 Å². The third kappa shape index (κ3) is 9.97. The summed E-state index contributed by atoms with van der Waals surface area (Å²) in [5.41, 5.74) is 0. The maximum Gasteiger partial charge on any atom is 0.234 e. The summed E-state index contributed by atoms with van der Waals surface area (Å²) in [6.45, 7) is 9.44. The lowest BCUT2D eigenvalue weighted by molar-refractivity contribution is -0.124. The number of likely N-dealkylation sites (tertiary alicyclic amines) is 1. The van der Waals surface area contributed by atoms with Crippen LogP contribution in [0, 0.1) is 11.8 Å². The molecule has 0 radical (unpaired) electrons. The largest absolute Gasteiger partial charge is 0.355 e. The van der Waals surface area contributed by atoms with Crippen molar-refractivity contribution in [1.29, 1.82) is 0 Å². The molecule has 0 aromatic rings. The number of carbonyl (C=O) groups excluding carboxylic acids is 2. The molecule has 2 fully saturated rings. The number of piperidine rings is 2. The van der Waals surface area contributed by atoms with E-state index in [1.54, 1.807) is 0 Å². The van der Waals surface area contributed by atoms with Crippen LogP contribution in [-0.4, -0.2) is 62.0 Å². The number of amides is 2. The number of rotatable bonds is 8. The topological polar surface area (TPSA) is 73.5 Å². The molecule has 6 nitrogen and oxygen atoms in total. The summed E-state index contributed by atoms with van der Waals surface area (Å²) >= 11 is 0. The third-order valence-electron chi connectivity index (χ3n) is 5.59. The summed E-state index contributed by atoms with van der Waals surface area (Å²) in [5.74, 6) is 1.45. The van der Waals surface area contributed by atoms with Crippen LogP contribution < -0.4 is 16.0 Å². The van der Waals surface area contributed by atoms with Crippen LogP contribution in [0.5, 0.6) is 0 Å². The van der Waals surface area contributed by atoms with Crippen molar-refractivity contribution in [2.45, 2.75) is 58.4 Å². The fourth-order valence-corrected chi connectivity index (χ4v) is 3.92. The minimum Gasteiger partial charge on any atom is -0.355 e. The summed E-state index contributed by atoms with van der Waals surface area (Å²) in [5, 5.41) is 9.52. The summed E-state index contributed by atoms with van der Waals surface area (Å²) in [6, 6.07) is 0.266. The molecule has 1 atom stereocenters. The fraction of sp³-hybridized carbons (Fsp3) is 0.895. The highest BCUT2D eigenvalue weighted by atomic mass is 35.5. The van der Waals surface area contributed by atoms with Gasteiger partial charge in [0, 0.05) is 32.1 Å². The number of carbonyl (C=O) groups is 2. The Kier molecular flexibility index (Phi) is 14.1. The third-order valence-corrected chi connectivity index (χ3v) is 5.59. The van der Waals surface area contributed by atoms with Gasteiger partial charge >= 0.3 is 0 Å². The van der Waals surface area contributed by atoms with Gasteiger partial charge in [0.25, 0.3) is 0 Å². The Balaban J connectivity index is 0.00000338. The van der Waals surface area contributed by atoms with E-state index in [9.17, 15) is 9.59 Å². The number of nitrogens with zero attached hydrogens (tertiary/aromatic N) is 1. The molecule has 2 rings (SSSR count). The molecule has 0 bridgehead atoms. The normalized spacial score (nSPS) is 20.1. The smallest absolute Gasteiger partial charge is 0.234 e. The summed E-state index contributed by atoms with van der Waals surface area (Å²) in [6.07, 6.45) is 5.86. The molecule has 0 saturated carbocycles. The lowest BCUT2D eigenvalue weighted by atomic mass is 9.84. The van der Waals surface area contributed by atoms with Crippen molar-refractivity contribution in [3.05, 3.63) is 0 Å². The molecule has 2 aliphatic rings. The molecule has 0 aromatic carbocycles. The second-order valence-corrected chi connectivity index (χ2v) is 7.74. The van der Waals surface area contributed by atoms with Crippen LogP contribution >= 0.6 is 24.8 Å². The van der Waals surface area contributed by atoms with E-state index in [4.69, 9.17) is 0 Å². The van der Waals surface area contributed by atoms with Crippen LogP contribution in [0.1, 0.15) is 52.4 Å². The zero-order valence-electron chi connectivity index (χ0n) is 16.8. The van der Waals surface area contributed by atoms with Gasteiger partial charge in [-0.05, 0) is 57.0 Å². The monoisotopic (exact) mass is 424 g/mol. The standard InChI is InChI=1S/C19H36N4O2.2ClH/c1-3-8-21-19(25)14-23-11-6-17(7-12-23)22-18(24)13-15(2)16-4-9-20-10-5-16;;/h15-17,20H,3-14H2,1-2H3,(H,21,25)(H,22,24);2*1H. The maximum absolute atomic E-state index is 12.3. The van der Waals surface area contributed by atoms with Crippen molar-refractivity contribution in [3.63, 3.8) is 0 Å². The molecule has 0 spiro atoms. The first kappa shape index (κ1) is 26.4. The van der Waals surface area contributed by atoms with Gasteiger partial charge in [-0.2, -0.15) is 0 Å². The summed E-state index contributed by atoms with van der Waals surface area (Å²) < 4.78 is 0. The average molecular weight is 425 g/mol. The van der Waals surface area contributed by atoms with E-state index in [2.05, 4.69) is 34.7 Å². The number of halogens is 2. The molecule has 0 aromatic heterocycles. The number of hydrogen-bond donors (Lipinski definition) is 3. The number of hydrogen-bond acceptors (Lipinski definition) is 4. The van der Waals surface area contributed by atoms with Gasteiger partial charge in [0.1, 0.15) is 0 Å². The maximum atomic E-state index is 12.3. The molecule has 2 amide bonds. The van der Waals surface area contributed by atoms with Crippen LogP contribution in [0.15, 0.2) is 0 Å². The van der Waals surface area contributed by atoms with Gasteiger partial charge in [-0.15, -0.1) is 24.8 Å². The van der Waals surface area contributed by atoms with Crippen molar-refractivity contribution in [1.82, 2.24) is 20.9 Å². The van der Waals surface area contributed by atoms with Gasteiger partial charge in [-0.3, -0.25) is 14.5 Å². The Bertz CT molecular complexity index is 426. The predicted molar refractivity (Wildman–Crippen MR) is 115 cm³/mol. The van der Waals surface area contributed by atoms with E-state index in [0.717, 1.165) is 52.0 Å². The first-order valence-electron chi connectivity index (χ1n) is 10.1. The number of nitrogens with one attached hydrogen (secondary N) is 3. The fourth-order valence-electron chi connectivity index (χ4n) is 3.92. The molecule has 2 heterocycles. The Morgan fingerprint density at radius 3 is 2.30 bits per heavy atom. The highest BCUT2D eigenvalue weighted by Crippen LogP contribution is 2.24. The highest BCUT2D eigenvalue weighted by Gasteiger charge is 2.25. The Labute approximate surface area is 176 Å². The molecular weight excluding hydrogens is 387 g/mol. The quantitative estimate of drug-likeness (QED) is 0.556. The van der Waals surface area contributed by atoms with Crippen molar-refractivity contribution in [2.75, 3.05) is 39.3 Å². The van der Waals surface area contributed by atoms with Crippen molar-refractivity contribution < 1.29 is 9.59 Å². The zero-order chi connectivity index (χ0) is 18.1. The van der Waals surface area contributed by atoms with Crippen LogP contribution in [0.25, 0.3) is 0 Å². The first-order valence-corrected chi connectivity index (χ1v) is 10.1. The van der Waals surface area contributed by atoms with Gasteiger partial charge in [-0.1, -0.05) is 13.8 Å². The SMILES string of the molecule is CCCNC(=O)CN1CCC(NC(=O)CC(C)C2CCNCC2)CC1.Cl.Cl. The van der Waals surface area contributed by atoms with E-state index in [1.807, 2.05) is 0 Å². The Morgan fingerprint density at radius 2 is 1.70 bits per heavy atom. The van der Waals surface area contributed by atoms with E-state index in [1.165, 1.54) is 12.8 Å². The van der Waals surface area contributed by atoms with Gasteiger partial charge in [0.2, 0.25) is 11.8 Å². The summed E-state index contributed by atoms with van der Waals surface area (Å²) in [4.78, 5) is 26.3.